The van der Waals surface area contributed by atoms with Crippen molar-refractivity contribution in [1.29, 1.82) is 0 Å². The molecular formula is C28H23F3N2O5S. The number of hydrogen-bond acceptors (Lipinski definition) is 4. The Morgan fingerprint density at radius 1 is 1.05 bits per heavy atom. The topological polar surface area (TPSA) is 96.7 Å². The Bertz CT molecular complexity index is 1810. The van der Waals surface area contributed by atoms with Crippen LogP contribution in [0.2, 0.25) is 0 Å². The van der Waals surface area contributed by atoms with Crippen LogP contribution < -0.4 is 5.56 Å². The first kappa shape index (κ1) is 26.6. The van der Waals surface area contributed by atoms with Crippen molar-refractivity contribution in [3.8, 4) is 11.1 Å². The number of pyridine rings is 1. The minimum atomic E-state index is -4.72. The summed E-state index contributed by atoms with van der Waals surface area (Å²) < 4.78 is 70.0. The number of halogens is 3. The molecule has 11 heteroatoms. The second-order valence-corrected chi connectivity index (χ2v) is 11.5. The van der Waals surface area contributed by atoms with Crippen LogP contribution in [0.1, 0.15) is 28.3 Å². The van der Waals surface area contributed by atoms with Gasteiger partial charge in [-0.3, -0.25) is 9.36 Å². The summed E-state index contributed by atoms with van der Waals surface area (Å²) in [4.78, 5) is 25.8. The first-order valence-electron chi connectivity index (χ1n) is 11.9. The molecule has 5 rings (SSSR count). The van der Waals surface area contributed by atoms with Crippen LogP contribution in [0.3, 0.4) is 0 Å². The molecule has 3 aromatic carbocycles. The summed E-state index contributed by atoms with van der Waals surface area (Å²) in [5, 5.41) is 11.0. The number of hydrogen-bond donors (Lipinski definition) is 1. The Balaban J connectivity index is 1.93. The van der Waals surface area contributed by atoms with Crippen molar-refractivity contribution < 1.29 is 31.5 Å². The number of sulfonamides is 1. The highest BCUT2D eigenvalue weighted by atomic mass is 32.2. The number of fused-ring (bicyclic) bond motifs is 2. The third-order valence-corrected chi connectivity index (χ3v) is 8.99. The van der Waals surface area contributed by atoms with E-state index in [9.17, 15) is 36.3 Å². The Morgan fingerprint density at radius 2 is 1.72 bits per heavy atom. The number of alkyl halides is 3. The summed E-state index contributed by atoms with van der Waals surface area (Å²) >= 11 is 0. The van der Waals surface area contributed by atoms with Gasteiger partial charge in [-0.25, -0.2) is 13.2 Å². The van der Waals surface area contributed by atoms with Crippen molar-refractivity contribution in [3.05, 3.63) is 99.3 Å². The zero-order valence-electron chi connectivity index (χ0n) is 20.9. The molecule has 1 aliphatic rings. The van der Waals surface area contributed by atoms with E-state index in [-0.39, 0.29) is 28.7 Å². The fourth-order valence-corrected chi connectivity index (χ4v) is 6.73. The number of aliphatic carboxylic acids is 1. The second-order valence-electron chi connectivity index (χ2n) is 9.49. The molecule has 0 aliphatic carbocycles. The third kappa shape index (κ3) is 4.41. The van der Waals surface area contributed by atoms with Gasteiger partial charge in [0.25, 0.3) is 15.6 Å². The van der Waals surface area contributed by atoms with Crippen molar-refractivity contribution in [3.63, 3.8) is 0 Å². The van der Waals surface area contributed by atoms with Crippen LogP contribution in [0, 0.1) is 6.92 Å². The summed E-state index contributed by atoms with van der Waals surface area (Å²) in [6.45, 7) is 0.936. The molecule has 1 aliphatic heterocycles. The molecule has 1 atom stereocenters. The lowest BCUT2D eigenvalue weighted by Crippen LogP contribution is -2.48. The van der Waals surface area contributed by atoms with Crippen LogP contribution in [0.5, 0.6) is 0 Å². The molecule has 4 aromatic rings. The largest absolute Gasteiger partial charge is 0.480 e. The zero-order chi connectivity index (χ0) is 28.3. The Kier molecular flexibility index (Phi) is 6.39. The van der Waals surface area contributed by atoms with Crippen LogP contribution in [0.25, 0.3) is 21.9 Å². The van der Waals surface area contributed by atoms with Crippen molar-refractivity contribution in [2.75, 3.05) is 13.6 Å². The van der Waals surface area contributed by atoms with E-state index < -0.39 is 50.9 Å². The third-order valence-electron chi connectivity index (χ3n) is 7.13. The molecule has 2 heterocycles. The van der Waals surface area contributed by atoms with E-state index in [0.29, 0.717) is 4.57 Å². The Morgan fingerprint density at radius 3 is 2.41 bits per heavy atom. The summed E-state index contributed by atoms with van der Waals surface area (Å²) in [5.41, 5.74) is -1.03. The van der Waals surface area contributed by atoms with Gasteiger partial charge in [-0.2, -0.15) is 17.5 Å². The van der Waals surface area contributed by atoms with E-state index in [1.165, 1.54) is 20.0 Å². The van der Waals surface area contributed by atoms with Gasteiger partial charge in [-0.15, -0.1) is 0 Å². The normalized spacial score (nSPS) is 17.2. The van der Waals surface area contributed by atoms with Crippen molar-refractivity contribution in [2.45, 2.75) is 30.6 Å². The predicted octanol–water partition coefficient (Wildman–Crippen LogP) is 4.85. The molecule has 1 aromatic heterocycles. The van der Waals surface area contributed by atoms with Gasteiger partial charge in [0.1, 0.15) is 6.04 Å². The van der Waals surface area contributed by atoms with E-state index in [1.54, 1.807) is 12.1 Å². The fourth-order valence-electron chi connectivity index (χ4n) is 5.14. The molecule has 0 radical (unpaired) electrons. The lowest BCUT2D eigenvalue weighted by molar-refractivity contribution is -0.141. The van der Waals surface area contributed by atoms with Gasteiger partial charge < -0.3 is 5.11 Å². The Labute approximate surface area is 221 Å². The second kappa shape index (κ2) is 9.35. The fraction of sp³-hybridized carbons (Fsp3) is 0.214. The minimum Gasteiger partial charge on any atom is -0.480 e. The summed E-state index contributed by atoms with van der Waals surface area (Å²) in [7, 11) is -3.28. The van der Waals surface area contributed by atoms with E-state index in [2.05, 4.69) is 0 Å². The molecule has 0 fully saturated rings. The van der Waals surface area contributed by atoms with Gasteiger partial charge in [-0.05, 0) is 52.9 Å². The first-order chi connectivity index (χ1) is 18.3. The highest BCUT2D eigenvalue weighted by Crippen LogP contribution is 2.40. The van der Waals surface area contributed by atoms with Gasteiger partial charge in [0.05, 0.1) is 5.56 Å². The number of nitrogens with zero attached hydrogens (tertiary/aromatic N) is 2. The molecule has 1 N–H and O–H groups in total. The van der Waals surface area contributed by atoms with Crippen LogP contribution in [-0.2, 0) is 27.4 Å². The number of benzene rings is 3. The molecule has 0 amide bonds. The number of aromatic nitrogens is 1. The number of carboxylic acids is 1. The van der Waals surface area contributed by atoms with Gasteiger partial charge >= 0.3 is 12.1 Å². The number of carbonyl (C=O) groups is 1. The van der Waals surface area contributed by atoms with E-state index in [4.69, 9.17) is 0 Å². The molecule has 0 saturated carbocycles. The molecular weight excluding hydrogens is 533 g/mol. The summed E-state index contributed by atoms with van der Waals surface area (Å²) in [6, 6.07) is 15.5. The molecule has 0 bridgehead atoms. The highest BCUT2D eigenvalue weighted by molar-refractivity contribution is 7.89. The lowest BCUT2D eigenvalue weighted by Gasteiger charge is -2.34. The average Bonchev–Trinajstić information content (AvgIpc) is 2.89. The molecule has 39 heavy (non-hydrogen) atoms. The van der Waals surface area contributed by atoms with Gasteiger partial charge in [0.2, 0.25) is 0 Å². The number of likely N-dealkylation sites (N-methyl/N-ethyl adjacent to an activating group) is 1. The van der Waals surface area contributed by atoms with Gasteiger partial charge in [-0.1, -0.05) is 54.6 Å². The molecule has 1 unspecified atom stereocenters. The smallest absolute Gasteiger partial charge is 0.416 e. The summed E-state index contributed by atoms with van der Waals surface area (Å²) in [6.07, 6.45) is -4.69. The standard InChI is InChI=1S/C28H23F3N2O5S/c1-16-22(14-18-9-5-8-17-7-3-4-12-21(17)18)24(19-10-6-11-20(13-19)28(29,30)31)26-33(25(16)34)23(27(35)36)15-32(2)39(26,37)38/h3-13,23H,14-15H2,1-2H3,(H,35,36). The Hall–Kier alpha value is -3.96. The van der Waals surface area contributed by atoms with Crippen molar-refractivity contribution >= 4 is 26.8 Å². The van der Waals surface area contributed by atoms with Gasteiger partial charge in [0, 0.05) is 24.7 Å². The minimum absolute atomic E-state index is 0.0266. The molecule has 202 valence electrons. The molecule has 0 saturated heterocycles. The monoisotopic (exact) mass is 556 g/mol. The maximum Gasteiger partial charge on any atom is 0.416 e. The zero-order valence-corrected chi connectivity index (χ0v) is 21.7. The molecule has 7 nitrogen and oxygen atoms in total. The van der Waals surface area contributed by atoms with Crippen LogP contribution in [0.4, 0.5) is 13.2 Å². The van der Waals surface area contributed by atoms with Crippen LogP contribution >= 0.6 is 0 Å². The van der Waals surface area contributed by atoms with Crippen LogP contribution in [-0.4, -0.2) is 42.0 Å². The quantitative estimate of drug-likeness (QED) is 0.388. The number of rotatable bonds is 4. The highest BCUT2D eigenvalue weighted by Gasteiger charge is 2.43. The maximum atomic E-state index is 13.7. The van der Waals surface area contributed by atoms with Crippen LogP contribution in [0.15, 0.2) is 76.6 Å². The number of carboxylic acid groups (broad SMARTS) is 1. The average molecular weight is 557 g/mol. The van der Waals surface area contributed by atoms with E-state index in [0.717, 1.165) is 38.8 Å². The van der Waals surface area contributed by atoms with E-state index in [1.807, 2.05) is 30.3 Å². The van der Waals surface area contributed by atoms with Crippen molar-refractivity contribution in [2.24, 2.45) is 0 Å². The maximum absolute atomic E-state index is 13.7. The van der Waals surface area contributed by atoms with Gasteiger partial charge in [0.15, 0.2) is 5.03 Å². The van der Waals surface area contributed by atoms with Crippen molar-refractivity contribution in [1.82, 2.24) is 8.87 Å². The lowest BCUT2D eigenvalue weighted by atomic mass is 9.90. The summed E-state index contributed by atoms with van der Waals surface area (Å²) in [5.74, 6) is -1.43. The van der Waals surface area contributed by atoms with E-state index >= 15 is 0 Å². The SMILES string of the molecule is Cc1c(Cc2cccc3ccccc23)c(-c2cccc(C(F)(F)F)c2)c2n(c1=O)C(C(=O)O)CN(C)S2(=O)=O. The first-order valence-corrected chi connectivity index (χ1v) is 13.4. The molecule has 0 spiro atoms. The predicted molar refractivity (Wildman–Crippen MR) is 139 cm³/mol.